The van der Waals surface area contributed by atoms with Crippen molar-refractivity contribution >= 4 is 11.8 Å². The Kier molecular flexibility index (Phi) is 5.04. The number of nitrogens with zero attached hydrogens (tertiary/aromatic N) is 5. The molecule has 0 spiro atoms. The predicted octanol–water partition coefficient (Wildman–Crippen LogP) is 3.42. The molecule has 1 atom stereocenters. The van der Waals surface area contributed by atoms with E-state index in [1.54, 1.807) is 6.20 Å². The molecule has 128 valence electrons. The van der Waals surface area contributed by atoms with Gasteiger partial charge in [0.2, 0.25) is 5.95 Å². The van der Waals surface area contributed by atoms with Gasteiger partial charge < -0.3 is 5.32 Å². The van der Waals surface area contributed by atoms with Gasteiger partial charge in [0.15, 0.2) is 5.82 Å². The fraction of sp³-hybridized carbons (Fsp3) is 0.556. The van der Waals surface area contributed by atoms with Gasteiger partial charge in [0.05, 0.1) is 24.1 Å². The van der Waals surface area contributed by atoms with E-state index in [4.69, 9.17) is 4.98 Å². The highest BCUT2D eigenvalue weighted by Crippen LogP contribution is 2.31. The summed E-state index contributed by atoms with van der Waals surface area (Å²) in [5.74, 6) is 1.93. The highest BCUT2D eigenvalue weighted by Gasteiger charge is 2.27. The number of aryl methyl sites for hydroxylation is 2. The van der Waals surface area contributed by atoms with Crippen LogP contribution >= 0.6 is 0 Å². The molecule has 1 aliphatic rings. The highest BCUT2D eigenvalue weighted by molar-refractivity contribution is 5.46. The van der Waals surface area contributed by atoms with Gasteiger partial charge in [-0.2, -0.15) is 0 Å². The van der Waals surface area contributed by atoms with Crippen molar-refractivity contribution < 1.29 is 0 Å². The predicted molar refractivity (Wildman–Crippen MR) is 95.2 cm³/mol. The first kappa shape index (κ1) is 16.8. The largest absolute Gasteiger partial charge is 0.307 e. The molecule has 1 N–H and O–H groups in total. The Morgan fingerprint density at radius 1 is 1.17 bits per heavy atom. The molecule has 2 aromatic heterocycles. The molecule has 1 aliphatic heterocycles. The quantitative estimate of drug-likeness (QED) is 0.908. The first-order valence-electron chi connectivity index (χ1n) is 8.66. The van der Waals surface area contributed by atoms with E-state index in [1.807, 2.05) is 26.1 Å². The third-order valence-corrected chi connectivity index (χ3v) is 4.18. The van der Waals surface area contributed by atoms with Crippen molar-refractivity contribution in [1.82, 2.24) is 24.8 Å². The molecule has 3 heterocycles. The van der Waals surface area contributed by atoms with Crippen molar-refractivity contribution in [3.05, 3.63) is 35.5 Å². The van der Waals surface area contributed by atoms with Crippen molar-refractivity contribution in [2.45, 2.75) is 46.6 Å². The number of anilines is 2. The van der Waals surface area contributed by atoms with Crippen LogP contribution in [0.5, 0.6) is 0 Å². The Balaban J connectivity index is 1.78. The molecule has 24 heavy (non-hydrogen) atoms. The summed E-state index contributed by atoms with van der Waals surface area (Å²) in [4.78, 5) is 20.5. The van der Waals surface area contributed by atoms with Gasteiger partial charge in [-0.15, -0.1) is 0 Å². The molecule has 0 unspecified atom stereocenters. The van der Waals surface area contributed by atoms with Gasteiger partial charge in [-0.05, 0) is 45.2 Å². The van der Waals surface area contributed by atoms with E-state index >= 15 is 0 Å². The summed E-state index contributed by atoms with van der Waals surface area (Å²) in [5, 5.41) is 3.19. The van der Waals surface area contributed by atoms with Gasteiger partial charge >= 0.3 is 0 Å². The van der Waals surface area contributed by atoms with Gasteiger partial charge in [0.1, 0.15) is 0 Å². The molecule has 0 radical (unpaired) electrons. The van der Waals surface area contributed by atoms with Crippen molar-refractivity contribution in [3.63, 3.8) is 0 Å². The van der Waals surface area contributed by atoms with Crippen LogP contribution in [0, 0.1) is 19.8 Å². The zero-order valence-electron chi connectivity index (χ0n) is 15.0. The second kappa shape index (κ2) is 7.21. The molecule has 0 aromatic carbocycles. The molecular weight excluding hydrogens is 300 g/mol. The lowest BCUT2D eigenvalue weighted by molar-refractivity contribution is 0.225. The van der Waals surface area contributed by atoms with Crippen LogP contribution in [0.1, 0.15) is 49.8 Å². The minimum atomic E-state index is 0.363. The topological polar surface area (TPSA) is 66.8 Å². The molecule has 1 fully saturated rings. The molecule has 0 bridgehead atoms. The minimum absolute atomic E-state index is 0.363. The fourth-order valence-electron chi connectivity index (χ4n) is 3.35. The lowest BCUT2D eigenvalue weighted by atomic mass is 10.1. The Bertz CT molecular complexity index is 679. The maximum atomic E-state index is 4.77. The normalized spacial score (nSPS) is 18.3. The number of rotatable bonds is 5. The maximum Gasteiger partial charge on any atom is 0.228 e. The van der Waals surface area contributed by atoms with Crippen molar-refractivity contribution in [3.8, 4) is 0 Å². The summed E-state index contributed by atoms with van der Waals surface area (Å²) in [6, 6.07) is 2.32. The van der Waals surface area contributed by atoms with E-state index in [0.717, 1.165) is 36.6 Å². The summed E-state index contributed by atoms with van der Waals surface area (Å²) in [7, 11) is 0. The van der Waals surface area contributed by atoms with Gasteiger partial charge in [0, 0.05) is 17.9 Å². The highest BCUT2D eigenvalue weighted by atomic mass is 15.2. The second-order valence-corrected chi connectivity index (χ2v) is 6.98. The van der Waals surface area contributed by atoms with E-state index in [1.165, 1.54) is 6.42 Å². The molecule has 0 aliphatic carbocycles. The first-order valence-corrected chi connectivity index (χ1v) is 8.66. The molecule has 3 rings (SSSR count). The smallest absolute Gasteiger partial charge is 0.228 e. The van der Waals surface area contributed by atoms with Gasteiger partial charge in [0.25, 0.3) is 0 Å². The van der Waals surface area contributed by atoms with E-state index in [9.17, 15) is 0 Å². The van der Waals surface area contributed by atoms with E-state index < -0.39 is 0 Å². The molecule has 6 nitrogen and oxygen atoms in total. The number of aromatic nitrogens is 4. The number of nitrogens with one attached hydrogen (secondary N) is 1. The Morgan fingerprint density at radius 3 is 2.62 bits per heavy atom. The summed E-state index contributed by atoms with van der Waals surface area (Å²) < 4.78 is 0. The first-order chi connectivity index (χ1) is 11.5. The lowest BCUT2D eigenvalue weighted by Crippen LogP contribution is -2.28. The molecule has 2 aromatic rings. The standard InChI is InChI=1S/C18H26N6/c1-12(2)11-24-7-5-6-16(24)15-9-19-10-17(22-15)23-18-20-13(3)8-14(4)21-18/h8-10,12,16H,5-7,11H2,1-4H3,(H,20,21,22,23)/t16-/m0/s1. The van der Waals surface area contributed by atoms with Crippen LogP contribution in [0.3, 0.4) is 0 Å². The summed E-state index contributed by atoms with van der Waals surface area (Å²) >= 11 is 0. The zero-order valence-corrected chi connectivity index (χ0v) is 15.0. The van der Waals surface area contributed by atoms with Crippen molar-refractivity contribution in [2.75, 3.05) is 18.4 Å². The maximum absolute atomic E-state index is 4.77. The van der Waals surface area contributed by atoms with E-state index in [-0.39, 0.29) is 0 Å². The molecule has 0 amide bonds. The monoisotopic (exact) mass is 326 g/mol. The zero-order chi connectivity index (χ0) is 17.1. The van der Waals surface area contributed by atoms with Crippen LogP contribution in [0.15, 0.2) is 18.5 Å². The van der Waals surface area contributed by atoms with Crippen LogP contribution in [0.25, 0.3) is 0 Å². The van der Waals surface area contributed by atoms with E-state index in [0.29, 0.717) is 23.7 Å². The van der Waals surface area contributed by atoms with Crippen molar-refractivity contribution in [2.24, 2.45) is 5.92 Å². The number of hydrogen-bond donors (Lipinski definition) is 1. The Hall–Kier alpha value is -2.08. The second-order valence-electron chi connectivity index (χ2n) is 6.98. The lowest BCUT2D eigenvalue weighted by Gasteiger charge is -2.25. The van der Waals surface area contributed by atoms with Crippen LogP contribution in [0.4, 0.5) is 11.8 Å². The van der Waals surface area contributed by atoms with Gasteiger partial charge in [-0.25, -0.2) is 15.0 Å². The van der Waals surface area contributed by atoms with Crippen LogP contribution in [0.2, 0.25) is 0 Å². The van der Waals surface area contributed by atoms with E-state index in [2.05, 4.69) is 39.0 Å². The van der Waals surface area contributed by atoms with Crippen LogP contribution < -0.4 is 5.32 Å². The minimum Gasteiger partial charge on any atom is -0.307 e. The van der Waals surface area contributed by atoms with Crippen molar-refractivity contribution in [1.29, 1.82) is 0 Å². The third-order valence-electron chi connectivity index (χ3n) is 4.18. The average Bonchev–Trinajstić information content (AvgIpc) is 2.93. The summed E-state index contributed by atoms with van der Waals surface area (Å²) in [5.41, 5.74) is 2.91. The van der Waals surface area contributed by atoms with Crippen LogP contribution in [-0.2, 0) is 0 Å². The third kappa shape index (κ3) is 4.06. The number of hydrogen-bond acceptors (Lipinski definition) is 6. The fourth-order valence-corrected chi connectivity index (χ4v) is 3.35. The molecule has 0 saturated carbocycles. The van der Waals surface area contributed by atoms with Gasteiger partial charge in [-0.1, -0.05) is 13.8 Å². The summed E-state index contributed by atoms with van der Waals surface area (Å²) in [6.45, 7) is 10.7. The van der Waals surface area contributed by atoms with Gasteiger partial charge in [-0.3, -0.25) is 9.88 Å². The molecule has 6 heteroatoms. The Labute approximate surface area is 143 Å². The Morgan fingerprint density at radius 2 is 1.92 bits per heavy atom. The number of likely N-dealkylation sites (tertiary alicyclic amines) is 1. The SMILES string of the molecule is Cc1cc(C)nc(Nc2cncc([C@@H]3CCCN3CC(C)C)n2)n1. The van der Waals surface area contributed by atoms with Crippen LogP contribution in [-0.4, -0.2) is 37.9 Å². The average molecular weight is 326 g/mol. The molecular formula is C18H26N6. The molecule has 1 saturated heterocycles. The summed E-state index contributed by atoms with van der Waals surface area (Å²) in [6.07, 6.45) is 5.98.